The van der Waals surface area contributed by atoms with Crippen molar-refractivity contribution < 1.29 is 0 Å². The van der Waals surface area contributed by atoms with Gasteiger partial charge in [-0.1, -0.05) is 0 Å². The highest BCUT2D eigenvalue weighted by molar-refractivity contribution is 9.10. The maximum Gasteiger partial charge on any atom is 0.0829 e. The Kier molecular flexibility index (Phi) is 3.30. The van der Waals surface area contributed by atoms with Crippen LogP contribution in [0.3, 0.4) is 0 Å². The molecule has 0 saturated carbocycles. The average molecular weight is 326 g/mol. The summed E-state index contributed by atoms with van der Waals surface area (Å²) in [6.07, 6.45) is 2.45. The van der Waals surface area contributed by atoms with Gasteiger partial charge in [0.25, 0.3) is 0 Å². The number of aromatic nitrogens is 2. The van der Waals surface area contributed by atoms with E-state index in [0.29, 0.717) is 6.04 Å². The molecule has 1 fully saturated rings. The first-order valence-corrected chi connectivity index (χ1v) is 7.85. The van der Waals surface area contributed by atoms with Gasteiger partial charge in [-0.05, 0) is 48.3 Å². The Morgan fingerprint density at radius 1 is 1.56 bits per heavy atom. The molecule has 1 unspecified atom stereocenters. The molecule has 1 N–H and O–H groups in total. The van der Waals surface area contributed by atoms with Gasteiger partial charge in [-0.3, -0.25) is 4.68 Å². The molecule has 0 aliphatic carbocycles. The third-order valence-corrected chi connectivity index (χ3v) is 5.21. The number of hydrogen-bond donors (Lipinski definition) is 1. The van der Waals surface area contributed by atoms with Gasteiger partial charge in [-0.15, -0.1) is 11.3 Å². The van der Waals surface area contributed by atoms with Gasteiger partial charge in [-0.2, -0.15) is 5.10 Å². The van der Waals surface area contributed by atoms with Crippen LogP contribution in [0.15, 0.2) is 15.9 Å². The summed E-state index contributed by atoms with van der Waals surface area (Å²) in [5.41, 5.74) is 3.77. The molecule has 1 aliphatic heterocycles. The smallest absolute Gasteiger partial charge is 0.0829 e. The second-order valence-electron chi connectivity index (χ2n) is 4.76. The van der Waals surface area contributed by atoms with E-state index in [4.69, 9.17) is 5.10 Å². The van der Waals surface area contributed by atoms with Crippen molar-refractivity contribution in [2.24, 2.45) is 7.05 Å². The molecule has 0 amide bonds. The first-order chi connectivity index (χ1) is 8.66. The van der Waals surface area contributed by atoms with Crippen LogP contribution in [0.5, 0.6) is 0 Å². The van der Waals surface area contributed by atoms with Crippen molar-refractivity contribution in [3.63, 3.8) is 0 Å². The van der Waals surface area contributed by atoms with E-state index in [1.54, 1.807) is 11.3 Å². The first-order valence-electron chi connectivity index (χ1n) is 6.18. The Balaban J connectivity index is 2.05. The Morgan fingerprint density at radius 3 is 3.00 bits per heavy atom. The molecule has 1 atom stereocenters. The van der Waals surface area contributed by atoms with E-state index < -0.39 is 0 Å². The number of nitrogens with one attached hydrogen (secondary N) is 1. The van der Waals surface area contributed by atoms with Gasteiger partial charge in [0, 0.05) is 22.5 Å². The van der Waals surface area contributed by atoms with Crippen molar-refractivity contribution in [2.75, 3.05) is 6.54 Å². The lowest BCUT2D eigenvalue weighted by Crippen LogP contribution is -2.14. The molecule has 3 nitrogen and oxygen atoms in total. The lowest BCUT2D eigenvalue weighted by Gasteiger charge is -2.07. The number of hydrogen-bond acceptors (Lipinski definition) is 3. The summed E-state index contributed by atoms with van der Waals surface area (Å²) in [6, 6.07) is 2.61. The highest BCUT2D eigenvalue weighted by Crippen LogP contribution is 2.35. The molecule has 3 heterocycles. The molecule has 5 heteroatoms. The largest absolute Gasteiger partial charge is 0.309 e. The van der Waals surface area contributed by atoms with Crippen molar-refractivity contribution in [2.45, 2.75) is 25.8 Å². The Labute approximate surface area is 119 Å². The number of halogens is 1. The predicted molar refractivity (Wildman–Crippen MR) is 78.9 cm³/mol. The molecule has 0 radical (unpaired) electrons. The lowest BCUT2D eigenvalue weighted by atomic mass is 10.1. The minimum absolute atomic E-state index is 0.438. The van der Waals surface area contributed by atoms with Crippen LogP contribution in [0.1, 0.15) is 30.1 Å². The monoisotopic (exact) mass is 325 g/mol. The summed E-state index contributed by atoms with van der Waals surface area (Å²) < 4.78 is 3.16. The van der Waals surface area contributed by atoms with Crippen LogP contribution >= 0.6 is 27.3 Å². The highest BCUT2D eigenvalue weighted by Gasteiger charge is 2.24. The Morgan fingerprint density at radius 2 is 2.39 bits per heavy atom. The summed E-state index contributed by atoms with van der Waals surface area (Å²) >= 11 is 5.28. The van der Waals surface area contributed by atoms with Crippen LogP contribution < -0.4 is 5.32 Å². The summed E-state index contributed by atoms with van der Waals surface area (Å²) in [7, 11) is 2.04. The minimum atomic E-state index is 0.438. The number of nitrogens with zero attached hydrogens (tertiary/aromatic N) is 2. The molecule has 0 bridgehead atoms. The fourth-order valence-corrected chi connectivity index (χ4v) is 4.24. The molecule has 96 valence electrons. The lowest BCUT2D eigenvalue weighted by molar-refractivity contribution is 0.605. The van der Waals surface area contributed by atoms with Crippen molar-refractivity contribution in [1.29, 1.82) is 0 Å². The quantitative estimate of drug-likeness (QED) is 0.913. The van der Waals surface area contributed by atoms with Crippen LogP contribution in [-0.2, 0) is 7.05 Å². The molecule has 0 aromatic carbocycles. The van der Waals surface area contributed by atoms with E-state index >= 15 is 0 Å². The molecule has 3 rings (SSSR count). The van der Waals surface area contributed by atoms with Crippen LogP contribution in [-0.4, -0.2) is 16.3 Å². The van der Waals surface area contributed by atoms with E-state index in [0.717, 1.165) is 11.0 Å². The van der Waals surface area contributed by atoms with E-state index in [2.05, 4.69) is 39.6 Å². The fourth-order valence-electron chi connectivity index (χ4n) is 2.68. The number of rotatable bonds is 2. The van der Waals surface area contributed by atoms with Gasteiger partial charge < -0.3 is 5.32 Å². The highest BCUT2D eigenvalue weighted by atomic mass is 79.9. The van der Waals surface area contributed by atoms with E-state index in [1.807, 2.05) is 11.7 Å². The zero-order valence-corrected chi connectivity index (χ0v) is 12.9. The summed E-state index contributed by atoms with van der Waals surface area (Å²) in [5.74, 6) is 0. The first kappa shape index (κ1) is 12.4. The average Bonchev–Trinajstić information content (AvgIpc) is 3.01. The van der Waals surface area contributed by atoms with Gasteiger partial charge in [0.1, 0.15) is 0 Å². The summed E-state index contributed by atoms with van der Waals surface area (Å²) in [6.45, 7) is 3.30. The third-order valence-electron chi connectivity index (χ3n) is 3.51. The van der Waals surface area contributed by atoms with Crippen LogP contribution in [0.4, 0.5) is 0 Å². The van der Waals surface area contributed by atoms with E-state index in [1.165, 1.54) is 34.7 Å². The molecule has 2 aromatic heterocycles. The number of aryl methyl sites for hydroxylation is 1. The molecule has 1 aliphatic rings. The third kappa shape index (κ3) is 2.04. The maximum atomic E-state index is 4.72. The Bertz CT molecular complexity index is 567. The topological polar surface area (TPSA) is 29.9 Å². The predicted octanol–water partition coefficient (Wildman–Crippen LogP) is 3.64. The van der Waals surface area contributed by atoms with Crippen LogP contribution in [0.2, 0.25) is 0 Å². The number of thiophene rings is 1. The minimum Gasteiger partial charge on any atom is -0.309 e. The SMILES string of the molecule is Cc1c(C2CCCN2)nn(C)c1-c1cc(Br)cs1. The van der Waals surface area contributed by atoms with Crippen molar-refractivity contribution >= 4 is 27.3 Å². The van der Waals surface area contributed by atoms with Crippen LogP contribution in [0, 0.1) is 6.92 Å². The molecule has 18 heavy (non-hydrogen) atoms. The second kappa shape index (κ2) is 4.79. The zero-order chi connectivity index (χ0) is 12.7. The van der Waals surface area contributed by atoms with Gasteiger partial charge in [-0.25, -0.2) is 0 Å². The molecular weight excluding hydrogens is 310 g/mol. The van der Waals surface area contributed by atoms with Crippen LogP contribution in [0.25, 0.3) is 10.6 Å². The van der Waals surface area contributed by atoms with Gasteiger partial charge in [0.05, 0.1) is 22.3 Å². The summed E-state index contributed by atoms with van der Waals surface area (Å²) in [5, 5.41) is 10.4. The summed E-state index contributed by atoms with van der Waals surface area (Å²) in [4.78, 5) is 1.28. The molecule has 1 saturated heterocycles. The van der Waals surface area contributed by atoms with Crippen molar-refractivity contribution in [3.8, 4) is 10.6 Å². The molecule has 0 spiro atoms. The standard InChI is InChI=1S/C13H16BrN3S/c1-8-12(10-4-3-5-15-10)16-17(2)13(8)11-6-9(14)7-18-11/h6-7,10,15H,3-5H2,1-2H3. The van der Waals surface area contributed by atoms with Gasteiger partial charge in [0.2, 0.25) is 0 Å². The van der Waals surface area contributed by atoms with E-state index in [-0.39, 0.29) is 0 Å². The molecular formula is C13H16BrN3S. The van der Waals surface area contributed by atoms with Crippen molar-refractivity contribution in [3.05, 3.63) is 27.2 Å². The van der Waals surface area contributed by atoms with Gasteiger partial charge in [0.15, 0.2) is 0 Å². The van der Waals surface area contributed by atoms with Gasteiger partial charge >= 0.3 is 0 Å². The second-order valence-corrected chi connectivity index (χ2v) is 6.59. The fraction of sp³-hybridized carbons (Fsp3) is 0.462. The zero-order valence-electron chi connectivity index (χ0n) is 10.5. The Hall–Kier alpha value is -0.650. The molecule has 2 aromatic rings. The van der Waals surface area contributed by atoms with Crippen molar-refractivity contribution in [1.82, 2.24) is 15.1 Å². The maximum absolute atomic E-state index is 4.72. The normalized spacial score (nSPS) is 19.6. The van der Waals surface area contributed by atoms with E-state index in [9.17, 15) is 0 Å².